The lowest BCUT2D eigenvalue weighted by Gasteiger charge is -2.34. The Bertz CT molecular complexity index is 970. The van der Waals surface area contributed by atoms with E-state index in [1.54, 1.807) is 21.1 Å². The lowest BCUT2D eigenvalue weighted by atomic mass is 10.1. The van der Waals surface area contributed by atoms with E-state index in [2.05, 4.69) is 67.7 Å². The molecule has 0 rings (SSSR count). The van der Waals surface area contributed by atoms with Crippen molar-refractivity contribution < 1.29 is 38.2 Å². The van der Waals surface area contributed by atoms with E-state index >= 15 is 0 Å². The average Bonchev–Trinajstić information content (AvgIpc) is 2.98. The van der Waals surface area contributed by atoms with Crippen molar-refractivity contribution in [3.63, 3.8) is 0 Å². The number of aliphatic carboxylic acids is 1. The number of carboxylic acids is 1. The summed E-state index contributed by atoms with van der Waals surface area (Å²) in [6.07, 6.45) is 33.3. The molecular weight excluding hydrogens is 570 g/mol. The fourth-order valence-electron chi connectivity index (χ4n) is 4.01. The second-order valence-electron chi connectivity index (χ2n) is 11.7. The van der Waals surface area contributed by atoms with Gasteiger partial charge in [0.2, 0.25) is 0 Å². The van der Waals surface area contributed by atoms with Crippen LogP contribution in [0.25, 0.3) is 0 Å². The number of carboxylic acid groups (broad SMARTS) is 1. The van der Waals surface area contributed by atoms with E-state index in [1.807, 2.05) is 19.1 Å². The molecule has 0 aliphatic heterocycles. The predicted molar refractivity (Wildman–Crippen MR) is 180 cm³/mol. The van der Waals surface area contributed by atoms with Gasteiger partial charge in [0.15, 0.2) is 6.10 Å². The van der Waals surface area contributed by atoms with Crippen LogP contribution in [-0.4, -0.2) is 75.5 Å². The summed E-state index contributed by atoms with van der Waals surface area (Å²) >= 11 is 0. The van der Waals surface area contributed by atoms with Gasteiger partial charge in [-0.2, -0.15) is 0 Å². The van der Waals surface area contributed by atoms with Crippen molar-refractivity contribution in [3.8, 4) is 0 Å². The van der Waals surface area contributed by atoms with Crippen LogP contribution in [0.4, 0.5) is 0 Å². The van der Waals surface area contributed by atoms with Crippen LogP contribution in [0.15, 0.2) is 72.9 Å². The summed E-state index contributed by atoms with van der Waals surface area (Å²) < 4.78 is 16.6. The number of likely N-dealkylation sites (N-methyl/N-ethyl adjacent to an activating group) is 1. The maximum Gasteiger partial charge on any atom is 0.306 e. The van der Waals surface area contributed by atoms with Gasteiger partial charge in [-0.05, 0) is 51.4 Å². The van der Waals surface area contributed by atoms with E-state index in [9.17, 15) is 19.5 Å². The highest BCUT2D eigenvalue weighted by Gasteiger charge is 2.25. The summed E-state index contributed by atoms with van der Waals surface area (Å²) in [4.78, 5) is 35.9. The smallest absolute Gasteiger partial charge is 0.306 e. The van der Waals surface area contributed by atoms with Gasteiger partial charge < -0.3 is 28.6 Å². The number of hydrogen-bond acceptors (Lipinski definition) is 7. The first-order chi connectivity index (χ1) is 21.6. The molecule has 0 spiro atoms. The zero-order valence-corrected chi connectivity index (χ0v) is 28.5. The third kappa shape index (κ3) is 26.9. The molecule has 0 aromatic heterocycles. The first kappa shape index (κ1) is 41.8. The van der Waals surface area contributed by atoms with Gasteiger partial charge in [0.05, 0.1) is 40.3 Å². The van der Waals surface area contributed by atoms with Crippen molar-refractivity contribution in [1.82, 2.24) is 0 Å². The molecule has 0 fully saturated rings. The van der Waals surface area contributed by atoms with Gasteiger partial charge in [-0.3, -0.25) is 9.59 Å². The van der Waals surface area contributed by atoms with Gasteiger partial charge in [0.1, 0.15) is 12.6 Å². The number of quaternary nitrogens is 1. The topological polar surface area (TPSA) is 102 Å². The summed E-state index contributed by atoms with van der Waals surface area (Å²) in [6, 6.07) is -0.737. The maximum absolute atomic E-state index is 12.4. The van der Waals surface area contributed by atoms with E-state index in [4.69, 9.17) is 14.2 Å². The molecule has 0 saturated carbocycles. The van der Waals surface area contributed by atoms with Crippen molar-refractivity contribution >= 4 is 17.9 Å². The van der Waals surface area contributed by atoms with Gasteiger partial charge in [-0.1, -0.05) is 93.2 Å². The van der Waals surface area contributed by atoms with Gasteiger partial charge in [-0.15, -0.1) is 0 Å². The molecule has 0 aliphatic carbocycles. The second-order valence-corrected chi connectivity index (χ2v) is 11.7. The molecule has 0 heterocycles. The van der Waals surface area contributed by atoms with E-state index in [1.165, 1.54) is 0 Å². The van der Waals surface area contributed by atoms with Crippen molar-refractivity contribution in [1.29, 1.82) is 0 Å². The fraction of sp³-hybridized carbons (Fsp3) is 0.595. The zero-order valence-electron chi connectivity index (χ0n) is 28.5. The van der Waals surface area contributed by atoms with E-state index in [0.29, 0.717) is 12.8 Å². The molecule has 8 nitrogen and oxygen atoms in total. The quantitative estimate of drug-likeness (QED) is 0.0452. The van der Waals surface area contributed by atoms with Crippen LogP contribution in [0.2, 0.25) is 0 Å². The maximum atomic E-state index is 12.4. The highest BCUT2D eigenvalue weighted by molar-refractivity contribution is 5.70. The molecule has 0 aliphatic rings. The predicted octanol–water partition coefficient (Wildman–Crippen LogP) is 6.34. The van der Waals surface area contributed by atoms with Crippen LogP contribution >= 0.6 is 0 Å². The van der Waals surface area contributed by atoms with Gasteiger partial charge in [0.25, 0.3) is 0 Å². The highest BCUT2D eigenvalue weighted by atomic mass is 16.6. The Morgan fingerprint density at radius 3 is 1.67 bits per heavy atom. The number of hydrogen-bond donors (Lipinski definition) is 0. The number of unbranched alkanes of at least 4 members (excludes halogenated alkanes) is 1. The SMILES string of the molecule is CC/C=C\C/C=C\C/C=C\C/C=C\C/C=C\C/C=C\CCC(=O)OC(COCCC(C(=O)[O-])[N+](C)(C)C)COC(=O)CCCC. The van der Waals surface area contributed by atoms with Crippen molar-refractivity contribution in [2.75, 3.05) is 41.0 Å². The van der Waals surface area contributed by atoms with E-state index in [0.717, 1.165) is 51.4 Å². The highest BCUT2D eigenvalue weighted by Crippen LogP contribution is 2.09. The largest absolute Gasteiger partial charge is 0.544 e. The number of allylic oxidation sites excluding steroid dienone is 12. The standard InChI is InChI=1S/C37H59NO7/c1-6-8-10-11-12-13-14-15-16-17-18-19-20-21-22-23-24-25-26-28-36(40)45-33(32-44-35(39)27-9-7-2)31-43-30-29-34(37(41)42)38(3,4)5/h8,10,12-13,15-16,18-19,21-22,24-25,33-34H,6-7,9,11,14,17,20,23,26-32H2,1-5H3/b10-8-,13-12-,16-15-,19-18-,22-21-,25-24-. The summed E-state index contributed by atoms with van der Waals surface area (Å²) in [6.45, 7) is 4.17. The minimum Gasteiger partial charge on any atom is -0.544 e. The Hall–Kier alpha value is -3.23. The molecule has 0 radical (unpaired) electrons. The van der Waals surface area contributed by atoms with Crippen LogP contribution in [0.5, 0.6) is 0 Å². The summed E-state index contributed by atoms with van der Waals surface area (Å²) in [5.74, 6) is -1.90. The molecule has 0 bridgehead atoms. The molecular formula is C37H59NO7. The summed E-state index contributed by atoms with van der Waals surface area (Å²) in [7, 11) is 5.33. The molecule has 0 amide bonds. The molecule has 254 valence electrons. The molecule has 2 unspecified atom stereocenters. The normalized spacial score (nSPS) is 14.1. The molecule has 2 atom stereocenters. The third-order valence-electron chi connectivity index (χ3n) is 6.62. The van der Waals surface area contributed by atoms with E-state index < -0.39 is 24.1 Å². The monoisotopic (exact) mass is 629 g/mol. The Balaban J connectivity index is 4.39. The van der Waals surface area contributed by atoms with Crippen molar-refractivity contribution in [2.45, 2.75) is 103 Å². The summed E-state index contributed by atoms with van der Waals surface area (Å²) in [5, 5.41) is 11.5. The number of ether oxygens (including phenoxy) is 3. The number of esters is 2. The number of carbonyl (C=O) groups is 3. The van der Waals surface area contributed by atoms with Crippen LogP contribution in [-0.2, 0) is 28.6 Å². The Labute approximate surface area is 272 Å². The lowest BCUT2D eigenvalue weighted by Crippen LogP contribution is -2.55. The number of nitrogens with zero attached hydrogens (tertiary/aromatic N) is 1. The Morgan fingerprint density at radius 1 is 0.689 bits per heavy atom. The first-order valence-corrected chi connectivity index (χ1v) is 16.5. The van der Waals surface area contributed by atoms with Crippen LogP contribution in [0, 0.1) is 0 Å². The molecule has 0 aromatic carbocycles. The molecule has 0 aromatic rings. The Kier molecular flexibility index (Phi) is 26.2. The molecule has 0 saturated heterocycles. The summed E-state index contributed by atoms with van der Waals surface area (Å²) in [5.41, 5.74) is 0. The zero-order chi connectivity index (χ0) is 33.6. The number of carbonyl (C=O) groups excluding carboxylic acids is 3. The number of rotatable bonds is 27. The fourth-order valence-corrected chi connectivity index (χ4v) is 4.01. The van der Waals surface area contributed by atoms with Crippen molar-refractivity contribution in [3.05, 3.63) is 72.9 Å². The van der Waals surface area contributed by atoms with Crippen LogP contribution in [0.1, 0.15) is 90.9 Å². The van der Waals surface area contributed by atoms with Gasteiger partial charge >= 0.3 is 11.9 Å². The molecule has 0 N–H and O–H groups in total. The van der Waals surface area contributed by atoms with Gasteiger partial charge in [-0.25, -0.2) is 0 Å². The average molecular weight is 630 g/mol. The van der Waals surface area contributed by atoms with Crippen molar-refractivity contribution in [2.24, 2.45) is 0 Å². The minimum absolute atomic E-state index is 0.00359. The third-order valence-corrected chi connectivity index (χ3v) is 6.62. The van der Waals surface area contributed by atoms with Crippen LogP contribution in [0.3, 0.4) is 0 Å². The van der Waals surface area contributed by atoms with Gasteiger partial charge in [0, 0.05) is 19.3 Å². The molecule has 45 heavy (non-hydrogen) atoms. The van der Waals surface area contributed by atoms with E-state index in [-0.39, 0.29) is 43.1 Å². The second kappa shape index (κ2) is 28.3. The minimum atomic E-state index is -1.15. The molecule has 8 heteroatoms. The first-order valence-electron chi connectivity index (χ1n) is 16.5. The Morgan fingerprint density at radius 2 is 1.20 bits per heavy atom. The van der Waals surface area contributed by atoms with Crippen LogP contribution < -0.4 is 5.11 Å². The lowest BCUT2D eigenvalue weighted by molar-refractivity contribution is -0.889.